The molecule has 0 unspecified atom stereocenters. The van der Waals surface area contributed by atoms with E-state index in [0.717, 1.165) is 36.3 Å². The fourth-order valence-electron chi connectivity index (χ4n) is 5.75. The molecule has 3 amide bonds. The lowest BCUT2D eigenvalue weighted by Crippen LogP contribution is -2.56. The zero-order valence-corrected chi connectivity index (χ0v) is 29.5. The minimum Gasteiger partial charge on any atom is -0.481 e. The number of hydrogen-bond acceptors (Lipinski definition) is 8. The molecule has 0 bridgehead atoms. The maximum atomic E-state index is 13.5. The third-order valence-electron chi connectivity index (χ3n) is 9.13. The summed E-state index contributed by atoms with van der Waals surface area (Å²) in [6.45, 7) is 11.8. The zero-order valence-electron chi connectivity index (χ0n) is 28.7. The van der Waals surface area contributed by atoms with Crippen LogP contribution in [0.4, 0.5) is 0 Å². The van der Waals surface area contributed by atoms with Gasteiger partial charge in [0.2, 0.25) is 11.8 Å². The van der Waals surface area contributed by atoms with Gasteiger partial charge >= 0.3 is 5.97 Å². The van der Waals surface area contributed by atoms with Crippen LogP contribution in [0.3, 0.4) is 0 Å². The summed E-state index contributed by atoms with van der Waals surface area (Å²) in [7, 11) is 1.91. The fourth-order valence-corrected chi connectivity index (χ4v) is 6.50. The molecule has 258 valence electrons. The second-order valence-corrected chi connectivity index (χ2v) is 14.6. The summed E-state index contributed by atoms with van der Waals surface area (Å²) in [6.07, 6.45) is 2.99. The molecule has 1 aliphatic heterocycles. The molecule has 1 aliphatic rings. The summed E-state index contributed by atoms with van der Waals surface area (Å²) >= 11 is 1.06. The van der Waals surface area contributed by atoms with Gasteiger partial charge < -0.3 is 21.1 Å². The highest BCUT2D eigenvalue weighted by atomic mass is 32.1. The molecule has 1 aromatic carbocycles. The van der Waals surface area contributed by atoms with Crippen LogP contribution in [0.25, 0.3) is 0 Å². The van der Waals surface area contributed by atoms with E-state index in [0.29, 0.717) is 12.8 Å². The predicted octanol–water partition coefficient (Wildman–Crippen LogP) is 4.32. The number of aliphatic carboxylic acids is 1. The average Bonchev–Trinajstić information content (AvgIpc) is 3.69. The number of amides is 3. The van der Waals surface area contributed by atoms with Gasteiger partial charge in [-0.05, 0) is 70.5 Å². The monoisotopic (exact) mass is 669 g/mol. The number of aromatic nitrogens is 1. The number of benzene rings is 1. The normalized spacial score (nSPS) is 17.8. The number of carboxylic acids is 1. The maximum absolute atomic E-state index is 13.5. The molecule has 1 saturated heterocycles. The first-order chi connectivity index (χ1) is 22.1. The smallest absolute Gasteiger partial charge is 0.309 e. The van der Waals surface area contributed by atoms with Crippen LogP contribution in [0.15, 0.2) is 35.7 Å². The first-order valence-corrected chi connectivity index (χ1v) is 17.4. The number of nitrogens with zero attached hydrogens (tertiary/aromatic N) is 2. The molecule has 2 aromatic rings. The van der Waals surface area contributed by atoms with Crippen molar-refractivity contribution in [1.82, 2.24) is 25.8 Å². The van der Waals surface area contributed by atoms with Crippen LogP contribution in [-0.2, 0) is 20.8 Å². The molecule has 0 aliphatic carbocycles. The van der Waals surface area contributed by atoms with Gasteiger partial charge in [0, 0.05) is 23.9 Å². The molecule has 1 fully saturated rings. The van der Waals surface area contributed by atoms with Crippen LogP contribution < -0.4 is 16.0 Å². The molecule has 0 radical (unpaired) electrons. The number of thiazole rings is 1. The van der Waals surface area contributed by atoms with Crippen LogP contribution >= 0.6 is 11.3 Å². The van der Waals surface area contributed by atoms with Crippen LogP contribution in [0.1, 0.15) is 99.5 Å². The van der Waals surface area contributed by atoms with Crippen molar-refractivity contribution in [3.05, 3.63) is 52.0 Å². The van der Waals surface area contributed by atoms with E-state index < -0.39 is 35.4 Å². The molecule has 0 saturated carbocycles. The second kappa shape index (κ2) is 17.0. The van der Waals surface area contributed by atoms with Crippen LogP contribution in [0.5, 0.6) is 0 Å². The van der Waals surface area contributed by atoms with Gasteiger partial charge in [0.25, 0.3) is 5.91 Å². The lowest BCUT2D eigenvalue weighted by molar-refractivity contribution is -0.147. The van der Waals surface area contributed by atoms with Crippen molar-refractivity contribution in [1.29, 1.82) is 0 Å². The number of carbonyl (C=O) groups is 5. The number of carboxylic acid groups (broad SMARTS) is 1. The van der Waals surface area contributed by atoms with E-state index >= 15 is 0 Å². The van der Waals surface area contributed by atoms with Crippen molar-refractivity contribution in [3.8, 4) is 0 Å². The Bertz CT molecular complexity index is 1390. The number of ketones is 1. The molecule has 2 heterocycles. The Morgan fingerprint density at radius 3 is 2.32 bits per heavy atom. The lowest BCUT2D eigenvalue weighted by atomic mass is 9.84. The van der Waals surface area contributed by atoms with Gasteiger partial charge in [0.15, 0.2) is 10.8 Å². The topological polar surface area (TPSA) is 158 Å². The molecule has 1 aromatic heterocycles. The van der Waals surface area contributed by atoms with E-state index in [-0.39, 0.29) is 59.0 Å². The van der Waals surface area contributed by atoms with Gasteiger partial charge in [-0.1, -0.05) is 64.4 Å². The van der Waals surface area contributed by atoms with Crippen LogP contribution in [-0.4, -0.2) is 82.2 Å². The van der Waals surface area contributed by atoms with E-state index in [1.54, 1.807) is 13.8 Å². The highest BCUT2D eigenvalue weighted by molar-refractivity contribution is 7.11. The standard InChI is InChI=1S/C35H51N5O6S/c1-8-22(4)29(39-31(43)27-15-12-16-40(27)7)32(44)37-25(21(2)3)18-28(41)33-38-26(20-47-33)30(42)36-24(19-35(5,6)34(45)46)17-23-13-10-9-11-14-23/h9-11,13-14,20-22,24-25,27,29H,8,12,15-19H2,1-7H3,(H,36,42)(H,37,44)(H,39,43)(H,45,46)/t22-,24-,25+,27+,29-/m0/s1. The Balaban J connectivity index is 1.68. The number of rotatable bonds is 17. The maximum Gasteiger partial charge on any atom is 0.309 e. The van der Waals surface area contributed by atoms with Crippen molar-refractivity contribution in [2.45, 2.75) is 104 Å². The highest BCUT2D eigenvalue weighted by Gasteiger charge is 2.35. The summed E-state index contributed by atoms with van der Waals surface area (Å²) in [4.78, 5) is 71.4. The van der Waals surface area contributed by atoms with Gasteiger partial charge in [-0.15, -0.1) is 11.3 Å². The van der Waals surface area contributed by atoms with Crippen molar-refractivity contribution in [2.75, 3.05) is 13.6 Å². The SMILES string of the molecule is CC[C@H](C)[C@H](NC(=O)[C@H]1CCCN1C)C(=O)N[C@H](CC(=O)c1nc(C(=O)N[C@@H](Cc2ccccc2)CC(C)(C)C(=O)O)cs1)C(C)C. The number of hydrogen-bond donors (Lipinski definition) is 4. The number of nitrogens with one attached hydrogen (secondary N) is 3. The lowest BCUT2D eigenvalue weighted by Gasteiger charge is -2.29. The molecule has 12 heteroatoms. The summed E-state index contributed by atoms with van der Waals surface area (Å²) in [5.41, 5.74) is -0.0440. The molecule has 0 spiro atoms. The summed E-state index contributed by atoms with van der Waals surface area (Å²) in [5, 5.41) is 20.3. The summed E-state index contributed by atoms with van der Waals surface area (Å²) in [5.74, 6) is -2.44. The van der Waals surface area contributed by atoms with E-state index in [9.17, 15) is 29.1 Å². The fraction of sp³-hybridized carbons (Fsp3) is 0.600. The Labute approximate surface area is 282 Å². The quantitative estimate of drug-likeness (QED) is 0.181. The third kappa shape index (κ3) is 10.7. The minimum absolute atomic E-state index is 0.0199. The van der Waals surface area contributed by atoms with E-state index in [2.05, 4.69) is 20.9 Å². The average molecular weight is 670 g/mol. The highest BCUT2D eigenvalue weighted by Crippen LogP contribution is 2.25. The predicted molar refractivity (Wildman–Crippen MR) is 182 cm³/mol. The molecule has 4 N–H and O–H groups in total. The number of likely N-dealkylation sites (tertiary alicyclic amines) is 1. The van der Waals surface area contributed by atoms with Gasteiger partial charge in [-0.2, -0.15) is 0 Å². The number of Topliss-reactive ketones (excluding diaryl/α,β-unsaturated/α-hetero) is 1. The molecule has 11 nitrogen and oxygen atoms in total. The number of carbonyl (C=O) groups excluding carboxylic acids is 4. The van der Waals surface area contributed by atoms with Gasteiger partial charge in [0.05, 0.1) is 11.5 Å². The van der Waals surface area contributed by atoms with E-state index in [4.69, 9.17) is 0 Å². The van der Waals surface area contributed by atoms with Gasteiger partial charge in [0.1, 0.15) is 11.7 Å². The van der Waals surface area contributed by atoms with Gasteiger partial charge in [-0.3, -0.25) is 28.9 Å². The Morgan fingerprint density at radius 2 is 1.74 bits per heavy atom. The Hall–Kier alpha value is -3.64. The third-order valence-corrected chi connectivity index (χ3v) is 10.0. The van der Waals surface area contributed by atoms with Gasteiger partial charge in [-0.25, -0.2) is 4.98 Å². The Morgan fingerprint density at radius 1 is 1.06 bits per heavy atom. The van der Waals surface area contributed by atoms with E-state index in [1.807, 2.05) is 70.0 Å². The van der Waals surface area contributed by atoms with Crippen molar-refractivity contribution < 1.29 is 29.1 Å². The largest absolute Gasteiger partial charge is 0.481 e. The molecular formula is C35H51N5O6S. The molecule has 3 rings (SSSR count). The van der Waals surface area contributed by atoms with Crippen molar-refractivity contribution >= 4 is 40.8 Å². The minimum atomic E-state index is -1.07. The molecular weight excluding hydrogens is 618 g/mol. The summed E-state index contributed by atoms with van der Waals surface area (Å²) in [6, 6.07) is 7.52. The zero-order chi connectivity index (χ0) is 34.9. The summed E-state index contributed by atoms with van der Waals surface area (Å²) < 4.78 is 0. The molecule has 5 atom stereocenters. The van der Waals surface area contributed by atoms with Crippen LogP contribution in [0.2, 0.25) is 0 Å². The second-order valence-electron chi connectivity index (χ2n) is 13.8. The number of likely N-dealkylation sites (N-methyl/N-ethyl adjacent to an activating group) is 1. The first-order valence-electron chi connectivity index (χ1n) is 16.5. The van der Waals surface area contributed by atoms with Crippen molar-refractivity contribution in [2.24, 2.45) is 17.3 Å². The Kier molecular flexibility index (Phi) is 13.6. The van der Waals surface area contributed by atoms with E-state index in [1.165, 1.54) is 5.38 Å². The molecule has 47 heavy (non-hydrogen) atoms. The van der Waals surface area contributed by atoms with Crippen LogP contribution in [0, 0.1) is 17.3 Å². The first kappa shape index (κ1) is 37.8. The van der Waals surface area contributed by atoms with Crippen molar-refractivity contribution in [3.63, 3.8) is 0 Å².